The molecule has 134 valence electrons. The fourth-order valence-electron chi connectivity index (χ4n) is 7.78. The van der Waals surface area contributed by atoms with Crippen molar-refractivity contribution in [2.24, 2.45) is 0 Å². The van der Waals surface area contributed by atoms with Crippen LogP contribution >= 0.6 is 0 Å². The minimum absolute atomic E-state index is 0.436. The van der Waals surface area contributed by atoms with Crippen molar-refractivity contribution in [2.45, 2.75) is 11.8 Å². The summed E-state index contributed by atoms with van der Waals surface area (Å²) in [6.07, 6.45) is 0. The highest BCUT2D eigenvalue weighted by Gasteiger charge is 2.59. The highest BCUT2D eigenvalue weighted by Crippen LogP contribution is 2.77. The molecule has 0 saturated heterocycles. The van der Waals surface area contributed by atoms with Gasteiger partial charge in [0.1, 0.15) is 0 Å². The normalized spacial score (nSPS) is 22.4. The van der Waals surface area contributed by atoms with Gasteiger partial charge in [0.25, 0.3) is 0 Å². The number of rotatable bonds is 0. The lowest BCUT2D eigenvalue weighted by Crippen LogP contribution is -2.28. The second-order valence-corrected chi connectivity index (χ2v) is 9.49. The van der Waals surface area contributed by atoms with Crippen molar-refractivity contribution in [2.75, 3.05) is 0 Å². The summed E-state index contributed by atoms with van der Waals surface area (Å²) in [6, 6.07) is 27.5. The van der Waals surface area contributed by atoms with Crippen molar-refractivity contribution in [1.29, 1.82) is 0 Å². The van der Waals surface area contributed by atoms with Crippen molar-refractivity contribution in [3.63, 3.8) is 0 Å². The number of allylic oxidation sites excluding steroid dienone is 2. The highest BCUT2D eigenvalue weighted by atomic mass is 14.6. The van der Waals surface area contributed by atoms with E-state index in [1.807, 2.05) is 0 Å². The summed E-state index contributed by atoms with van der Waals surface area (Å²) in [5.41, 5.74) is 24.9. The van der Waals surface area contributed by atoms with Crippen molar-refractivity contribution in [1.82, 2.24) is 0 Å². The molecule has 30 heavy (non-hydrogen) atoms. The molecule has 0 amide bonds. The molecule has 0 heterocycles. The summed E-state index contributed by atoms with van der Waals surface area (Å²) in [7, 11) is 0. The van der Waals surface area contributed by atoms with Crippen LogP contribution in [0.1, 0.15) is 67.5 Å². The Balaban J connectivity index is 1.45. The summed E-state index contributed by atoms with van der Waals surface area (Å²) in [6.45, 7) is 0. The molecule has 4 bridgehead atoms. The second-order valence-electron chi connectivity index (χ2n) is 9.49. The molecule has 0 nitrogen and oxygen atoms in total. The number of fused-ring (bicyclic) bond motifs is 12. The highest BCUT2D eigenvalue weighted by molar-refractivity contribution is 6.30. The van der Waals surface area contributed by atoms with Gasteiger partial charge >= 0.3 is 0 Å². The Hall–Kier alpha value is -3.64. The van der Waals surface area contributed by atoms with E-state index in [-0.39, 0.29) is 0 Å². The van der Waals surface area contributed by atoms with Gasteiger partial charge in [-0.15, -0.1) is 0 Å². The summed E-state index contributed by atoms with van der Waals surface area (Å²) in [5.74, 6) is 0.952. The Morgan fingerprint density at radius 3 is 1.67 bits per heavy atom. The third kappa shape index (κ3) is 1.03. The van der Waals surface area contributed by atoms with Gasteiger partial charge in [0.15, 0.2) is 0 Å². The first-order chi connectivity index (χ1) is 14.9. The Morgan fingerprint density at radius 1 is 0.400 bits per heavy atom. The molecular formula is C30H14. The van der Waals surface area contributed by atoms with Gasteiger partial charge in [-0.1, -0.05) is 72.8 Å². The molecular weight excluding hydrogens is 360 g/mol. The fourth-order valence-corrected chi connectivity index (χ4v) is 7.78. The molecule has 0 radical (unpaired) electrons. The zero-order valence-corrected chi connectivity index (χ0v) is 16.1. The van der Waals surface area contributed by atoms with Crippen molar-refractivity contribution >= 4 is 22.3 Å². The molecule has 0 saturated carbocycles. The van der Waals surface area contributed by atoms with E-state index < -0.39 is 0 Å². The molecule has 4 aromatic carbocycles. The first kappa shape index (κ1) is 13.6. The average molecular weight is 374 g/mol. The number of hydrogen-bond acceptors (Lipinski definition) is 0. The van der Waals surface area contributed by atoms with E-state index in [1.165, 1.54) is 33.4 Å². The van der Waals surface area contributed by atoms with Crippen LogP contribution in [0, 0.1) is 0 Å². The summed E-state index contributed by atoms with van der Waals surface area (Å²) >= 11 is 0. The molecule has 6 aliphatic rings. The molecule has 0 N–H and O–H groups in total. The third-order valence-electron chi connectivity index (χ3n) is 8.61. The van der Waals surface area contributed by atoms with Crippen LogP contribution in [0.4, 0.5) is 0 Å². The van der Waals surface area contributed by atoms with Crippen LogP contribution in [-0.4, -0.2) is 0 Å². The van der Waals surface area contributed by atoms with E-state index in [9.17, 15) is 0 Å². The van der Waals surface area contributed by atoms with Crippen LogP contribution in [0.5, 0.6) is 0 Å². The SMILES string of the molecule is c1ccc2c(c1)C1=C3c4ccccc4C1c1c3c3c4c(c1-2)C1=C4C3c2ccccc21. The molecule has 0 aromatic heterocycles. The molecule has 0 spiro atoms. The Kier molecular flexibility index (Phi) is 1.75. The average Bonchev–Trinajstić information content (AvgIpc) is 3.30. The van der Waals surface area contributed by atoms with Gasteiger partial charge in [0, 0.05) is 11.8 Å². The van der Waals surface area contributed by atoms with Crippen LogP contribution in [0.3, 0.4) is 0 Å². The van der Waals surface area contributed by atoms with E-state index in [0.29, 0.717) is 11.8 Å². The van der Waals surface area contributed by atoms with Gasteiger partial charge in [-0.25, -0.2) is 0 Å². The lowest BCUT2D eigenvalue weighted by atomic mass is 9.56. The maximum Gasteiger partial charge on any atom is 0.0371 e. The summed E-state index contributed by atoms with van der Waals surface area (Å²) in [5, 5.41) is 0. The van der Waals surface area contributed by atoms with Crippen molar-refractivity contribution in [3.05, 3.63) is 128 Å². The first-order valence-electron chi connectivity index (χ1n) is 11.0. The predicted molar refractivity (Wildman–Crippen MR) is 120 cm³/mol. The Labute approximate surface area is 173 Å². The van der Waals surface area contributed by atoms with Crippen molar-refractivity contribution in [3.8, 4) is 11.1 Å². The Morgan fingerprint density at radius 2 is 0.933 bits per heavy atom. The summed E-state index contributed by atoms with van der Waals surface area (Å²) in [4.78, 5) is 0. The van der Waals surface area contributed by atoms with Gasteiger partial charge in [0.2, 0.25) is 0 Å². The van der Waals surface area contributed by atoms with Crippen LogP contribution in [0.15, 0.2) is 72.8 Å². The molecule has 2 atom stereocenters. The smallest absolute Gasteiger partial charge is 0.0371 e. The molecule has 6 aliphatic carbocycles. The van der Waals surface area contributed by atoms with Gasteiger partial charge in [-0.2, -0.15) is 0 Å². The minimum atomic E-state index is 0.436. The fraction of sp³-hybridized carbons (Fsp3) is 0.0667. The molecule has 0 fully saturated rings. The van der Waals surface area contributed by atoms with E-state index >= 15 is 0 Å². The Bertz CT molecular complexity index is 1690. The van der Waals surface area contributed by atoms with E-state index in [2.05, 4.69) is 72.8 Å². The third-order valence-corrected chi connectivity index (χ3v) is 8.61. The summed E-state index contributed by atoms with van der Waals surface area (Å²) < 4.78 is 0. The number of hydrogen-bond donors (Lipinski definition) is 0. The predicted octanol–water partition coefficient (Wildman–Crippen LogP) is 6.82. The monoisotopic (exact) mass is 374 g/mol. The van der Waals surface area contributed by atoms with Gasteiger partial charge in [-0.05, 0) is 89.1 Å². The first-order valence-corrected chi connectivity index (χ1v) is 11.0. The van der Waals surface area contributed by atoms with Gasteiger partial charge in [0.05, 0.1) is 0 Å². The van der Waals surface area contributed by atoms with Crippen LogP contribution in [0.2, 0.25) is 0 Å². The number of benzene rings is 4. The zero-order valence-electron chi connectivity index (χ0n) is 16.1. The molecule has 2 unspecified atom stereocenters. The molecule has 10 rings (SSSR count). The van der Waals surface area contributed by atoms with E-state index in [0.717, 1.165) is 0 Å². The lowest BCUT2D eigenvalue weighted by Gasteiger charge is -2.45. The maximum atomic E-state index is 2.37. The standard InChI is InChI=1S/C30H14/c1-4-10-16-13(7-1)19-20-14-8-2-3-9-15(14)21(19)28-25(20)22(16)26-23-17-11-5-6-12-18(17)24-27(23)30(26)29(24)28/h1-12,20,24H. The lowest BCUT2D eigenvalue weighted by molar-refractivity contribution is 0.945. The van der Waals surface area contributed by atoms with E-state index in [1.54, 1.807) is 55.7 Å². The molecule has 0 heteroatoms. The van der Waals surface area contributed by atoms with Crippen LogP contribution < -0.4 is 0 Å². The largest absolute Gasteiger partial charge is 0.0619 e. The topological polar surface area (TPSA) is 0 Å². The molecule has 0 aliphatic heterocycles. The minimum Gasteiger partial charge on any atom is -0.0619 e. The second kappa shape index (κ2) is 3.87. The van der Waals surface area contributed by atoms with Crippen LogP contribution in [-0.2, 0) is 0 Å². The quantitative estimate of drug-likeness (QED) is 0.317. The molecule has 4 aromatic rings. The van der Waals surface area contributed by atoms with E-state index in [4.69, 9.17) is 0 Å². The van der Waals surface area contributed by atoms with Gasteiger partial charge < -0.3 is 0 Å². The van der Waals surface area contributed by atoms with Gasteiger partial charge in [-0.3, -0.25) is 0 Å². The zero-order chi connectivity index (χ0) is 18.9. The maximum absolute atomic E-state index is 2.37. The van der Waals surface area contributed by atoms with Crippen LogP contribution in [0.25, 0.3) is 33.4 Å². The van der Waals surface area contributed by atoms with Crippen molar-refractivity contribution < 1.29 is 0 Å².